The SMILES string of the molecule is CC(C)CNCc1cncn1CC(C)N1CCCCC1. The van der Waals surface area contributed by atoms with Crippen LogP contribution in [-0.4, -0.2) is 40.1 Å². The van der Waals surface area contributed by atoms with Crippen molar-refractivity contribution in [1.29, 1.82) is 0 Å². The van der Waals surface area contributed by atoms with Crippen molar-refractivity contribution in [2.45, 2.75) is 59.2 Å². The Balaban J connectivity index is 1.84. The first kappa shape index (κ1) is 15.5. The van der Waals surface area contributed by atoms with E-state index in [2.05, 4.69) is 40.5 Å². The molecule has 0 saturated carbocycles. The van der Waals surface area contributed by atoms with Crippen LogP contribution < -0.4 is 5.32 Å². The highest BCUT2D eigenvalue weighted by atomic mass is 15.2. The molecule has 20 heavy (non-hydrogen) atoms. The summed E-state index contributed by atoms with van der Waals surface area (Å²) in [6, 6.07) is 0.605. The molecule has 1 unspecified atom stereocenters. The van der Waals surface area contributed by atoms with Gasteiger partial charge in [0.05, 0.1) is 12.0 Å². The summed E-state index contributed by atoms with van der Waals surface area (Å²) in [6.45, 7) is 12.4. The van der Waals surface area contributed by atoms with Crippen LogP contribution >= 0.6 is 0 Å². The fourth-order valence-electron chi connectivity index (χ4n) is 2.91. The number of likely N-dealkylation sites (tertiary alicyclic amines) is 1. The summed E-state index contributed by atoms with van der Waals surface area (Å²) in [6.07, 6.45) is 8.09. The van der Waals surface area contributed by atoms with Crippen LogP contribution in [0.5, 0.6) is 0 Å². The van der Waals surface area contributed by atoms with E-state index < -0.39 is 0 Å². The Kier molecular flexibility index (Phi) is 6.05. The van der Waals surface area contributed by atoms with E-state index in [4.69, 9.17) is 0 Å². The summed E-state index contributed by atoms with van der Waals surface area (Å²) < 4.78 is 2.31. The Labute approximate surface area is 123 Å². The predicted molar refractivity (Wildman–Crippen MR) is 83.7 cm³/mol. The summed E-state index contributed by atoms with van der Waals surface area (Å²) in [7, 11) is 0. The monoisotopic (exact) mass is 278 g/mol. The normalized spacial score (nSPS) is 18.6. The van der Waals surface area contributed by atoms with Crippen LogP contribution in [0.3, 0.4) is 0 Å². The van der Waals surface area contributed by atoms with Crippen molar-refractivity contribution in [2.75, 3.05) is 19.6 Å². The molecule has 1 aliphatic rings. The Hall–Kier alpha value is -0.870. The molecule has 0 aliphatic carbocycles. The minimum Gasteiger partial charge on any atom is -0.332 e. The van der Waals surface area contributed by atoms with Gasteiger partial charge in [-0.1, -0.05) is 20.3 Å². The lowest BCUT2D eigenvalue weighted by Crippen LogP contribution is -2.40. The van der Waals surface area contributed by atoms with Gasteiger partial charge < -0.3 is 9.88 Å². The average Bonchev–Trinajstić information content (AvgIpc) is 2.87. The van der Waals surface area contributed by atoms with Crippen LogP contribution in [0.1, 0.15) is 45.7 Å². The Bertz CT molecular complexity index is 380. The minimum absolute atomic E-state index is 0.605. The minimum atomic E-state index is 0.605. The maximum atomic E-state index is 4.32. The Morgan fingerprint density at radius 1 is 1.20 bits per heavy atom. The standard InChI is InChI=1S/C16H30N4/c1-14(2)9-17-10-16-11-18-13-20(16)12-15(3)19-7-5-4-6-8-19/h11,13-15,17H,4-10,12H2,1-3H3. The summed E-state index contributed by atoms with van der Waals surface area (Å²) >= 11 is 0. The van der Waals surface area contributed by atoms with Crippen LogP contribution in [0.2, 0.25) is 0 Å². The second-order valence-electron chi connectivity index (χ2n) is 6.51. The Morgan fingerprint density at radius 2 is 1.95 bits per heavy atom. The zero-order chi connectivity index (χ0) is 14.4. The van der Waals surface area contributed by atoms with E-state index in [-0.39, 0.29) is 0 Å². The summed E-state index contributed by atoms with van der Waals surface area (Å²) in [5.41, 5.74) is 1.30. The van der Waals surface area contributed by atoms with Crippen LogP contribution in [0.15, 0.2) is 12.5 Å². The number of hydrogen-bond donors (Lipinski definition) is 1. The molecule has 0 radical (unpaired) electrons. The van der Waals surface area contributed by atoms with Gasteiger partial charge in [0.15, 0.2) is 0 Å². The highest BCUT2D eigenvalue weighted by Crippen LogP contribution is 2.14. The van der Waals surface area contributed by atoms with Crippen molar-refractivity contribution in [3.8, 4) is 0 Å². The highest BCUT2D eigenvalue weighted by molar-refractivity contribution is 4.98. The molecular formula is C16H30N4. The van der Waals surface area contributed by atoms with Gasteiger partial charge in [0, 0.05) is 25.3 Å². The number of rotatable bonds is 7. The van der Waals surface area contributed by atoms with E-state index >= 15 is 0 Å². The Morgan fingerprint density at radius 3 is 2.65 bits per heavy atom. The molecule has 1 aliphatic heterocycles. The number of nitrogens with one attached hydrogen (secondary N) is 1. The molecule has 1 N–H and O–H groups in total. The first-order valence-corrected chi connectivity index (χ1v) is 8.10. The van der Waals surface area contributed by atoms with Gasteiger partial charge in [0.25, 0.3) is 0 Å². The van der Waals surface area contributed by atoms with Crippen LogP contribution in [-0.2, 0) is 13.1 Å². The molecule has 1 aromatic heterocycles. The van der Waals surface area contributed by atoms with Gasteiger partial charge in [0.1, 0.15) is 0 Å². The van der Waals surface area contributed by atoms with E-state index in [0.717, 1.165) is 19.6 Å². The first-order chi connectivity index (χ1) is 9.66. The summed E-state index contributed by atoms with van der Waals surface area (Å²) in [5, 5.41) is 3.51. The molecule has 2 heterocycles. The zero-order valence-electron chi connectivity index (χ0n) is 13.3. The lowest BCUT2D eigenvalue weighted by atomic mass is 10.1. The van der Waals surface area contributed by atoms with Crippen molar-refractivity contribution in [1.82, 2.24) is 19.8 Å². The number of imidazole rings is 1. The van der Waals surface area contributed by atoms with Crippen molar-refractivity contribution in [3.05, 3.63) is 18.2 Å². The number of aromatic nitrogens is 2. The lowest BCUT2D eigenvalue weighted by molar-refractivity contribution is 0.159. The van der Waals surface area contributed by atoms with E-state index in [0.29, 0.717) is 12.0 Å². The molecule has 1 aromatic rings. The lowest BCUT2D eigenvalue weighted by Gasteiger charge is -2.32. The van der Waals surface area contributed by atoms with Crippen molar-refractivity contribution >= 4 is 0 Å². The second kappa shape index (κ2) is 7.79. The van der Waals surface area contributed by atoms with Crippen LogP contribution in [0, 0.1) is 5.92 Å². The average molecular weight is 278 g/mol. The molecular weight excluding hydrogens is 248 g/mol. The quantitative estimate of drug-likeness (QED) is 0.832. The van der Waals surface area contributed by atoms with Gasteiger partial charge in [-0.05, 0) is 45.3 Å². The van der Waals surface area contributed by atoms with Crippen molar-refractivity contribution < 1.29 is 0 Å². The molecule has 0 amide bonds. The maximum absolute atomic E-state index is 4.32. The number of hydrogen-bond acceptors (Lipinski definition) is 3. The molecule has 4 nitrogen and oxygen atoms in total. The first-order valence-electron chi connectivity index (χ1n) is 8.10. The van der Waals surface area contributed by atoms with Crippen molar-refractivity contribution in [3.63, 3.8) is 0 Å². The van der Waals surface area contributed by atoms with Gasteiger partial charge in [-0.2, -0.15) is 0 Å². The van der Waals surface area contributed by atoms with Gasteiger partial charge >= 0.3 is 0 Å². The molecule has 1 saturated heterocycles. The molecule has 1 fully saturated rings. The number of piperidine rings is 1. The third-order valence-corrected chi connectivity index (χ3v) is 4.13. The smallest absolute Gasteiger partial charge is 0.0949 e. The largest absolute Gasteiger partial charge is 0.332 e. The highest BCUT2D eigenvalue weighted by Gasteiger charge is 2.17. The molecule has 0 aromatic carbocycles. The van der Waals surface area contributed by atoms with Gasteiger partial charge in [-0.3, -0.25) is 4.90 Å². The predicted octanol–water partition coefficient (Wildman–Crippen LogP) is 2.50. The van der Waals surface area contributed by atoms with E-state index in [1.54, 1.807) is 0 Å². The van der Waals surface area contributed by atoms with Crippen LogP contribution in [0.4, 0.5) is 0 Å². The summed E-state index contributed by atoms with van der Waals surface area (Å²) in [5.74, 6) is 0.693. The van der Waals surface area contributed by atoms with Crippen LogP contribution in [0.25, 0.3) is 0 Å². The third-order valence-electron chi connectivity index (χ3n) is 4.13. The zero-order valence-corrected chi connectivity index (χ0v) is 13.3. The molecule has 0 spiro atoms. The van der Waals surface area contributed by atoms with Crippen molar-refractivity contribution in [2.24, 2.45) is 5.92 Å². The molecule has 114 valence electrons. The molecule has 0 bridgehead atoms. The number of nitrogens with zero attached hydrogens (tertiary/aromatic N) is 3. The fourth-order valence-corrected chi connectivity index (χ4v) is 2.91. The third kappa shape index (κ3) is 4.60. The van der Waals surface area contributed by atoms with Gasteiger partial charge in [0.2, 0.25) is 0 Å². The van der Waals surface area contributed by atoms with E-state index in [1.807, 2.05) is 12.5 Å². The molecule has 1 atom stereocenters. The fraction of sp³-hybridized carbons (Fsp3) is 0.812. The van der Waals surface area contributed by atoms with E-state index in [1.165, 1.54) is 38.0 Å². The second-order valence-corrected chi connectivity index (χ2v) is 6.51. The molecule has 2 rings (SSSR count). The van der Waals surface area contributed by atoms with E-state index in [9.17, 15) is 0 Å². The molecule has 4 heteroatoms. The maximum Gasteiger partial charge on any atom is 0.0949 e. The van der Waals surface area contributed by atoms with Gasteiger partial charge in [-0.25, -0.2) is 4.98 Å². The van der Waals surface area contributed by atoms with Gasteiger partial charge in [-0.15, -0.1) is 0 Å². The summed E-state index contributed by atoms with van der Waals surface area (Å²) in [4.78, 5) is 6.94. The topological polar surface area (TPSA) is 33.1 Å².